The van der Waals surface area contributed by atoms with Crippen molar-refractivity contribution in [3.05, 3.63) is 21.9 Å². The maximum Gasteiger partial charge on any atom is 0.326 e. The van der Waals surface area contributed by atoms with Gasteiger partial charge in [0.15, 0.2) is 0 Å². The van der Waals surface area contributed by atoms with E-state index in [0.717, 1.165) is 16.2 Å². The molecule has 1 heterocycles. The zero-order chi connectivity index (χ0) is 16.9. The molecule has 0 saturated carbocycles. The molecule has 1 atom stereocenters. The van der Waals surface area contributed by atoms with Crippen LogP contribution in [0.25, 0.3) is 0 Å². The summed E-state index contributed by atoms with van der Waals surface area (Å²) in [4.78, 5) is 46.8. The fourth-order valence-electron chi connectivity index (χ4n) is 1.68. The van der Waals surface area contributed by atoms with Crippen LogP contribution >= 0.6 is 11.3 Å². The minimum absolute atomic E-state index is 0.0374. The van der Waals surface area contributed by atoms with Crippen molar-refractivity contribution < 1.29 is 24.3 Å². The Morgan fingerprint density at radius 2 is 2.05 bits per heavy atom. The first-order chi connectivity index (χ1) is 10.2. The largest absolute Gasteiger partial charge is 0.480 e. The third kappa shape index (κ3) is 4.55. The van der Waals surface area contributed by atoms with Gasteiger partial charge in [-0.3, -0.25) is 14.4 Å². The van der Waals surface area contributed by atoms with E-state index < -0.39 is 23.8 Å². The molecule has 3 amide bonds. The maximum absolute atomic E-state index is 12.4. The molecule has 22 heavy (non-hydrogen) atoms. The molecule has 8 nitrogen and oxygen atoms in total. The van der Waals surface area contributed by atoms with Crippen LogP contribution in [-0.4, -0.2) is 52.8 Å². The standard InChI is InChI=1S/C13H17N3O5S/c1-7(13(20)21)16(4-3-15-8(2)17)12(19)10-5-9(6-22-10)11(14)18/h5-7H,3-4H2,1-2H3,(H2,14,18)(H,15,17)(H,20,21). The normalized spacial score (nSPS) is 11.5. The maximum atomic E-state index is 12.4. The number of hydrogen-bond acceptors (Lipinski definition) is 5. The first-order valence-corrected chi connectivity index (χ1v) is 7.28. The number of carbonyl (C=O) groups excluding carboxylic acids is 3. The van der Waals surface area contributed by atoms with Gasteiger partial charge in [0.2, 0.25) is 11.8 Å². The topological polar surface area (TPSA) is 130 Å². The Morgan fingerprint density at radius 1 is 1.41 bits per heavy atom. The van der Waals surface area contributed by atoms with E-state index in [0.29, 0.717) is 0 Å². The molecule has 1 unspecified atom stereocenters. The number of amides is 3. The van der Waals surface area contributed by atoms with Crippen molar-refractivity contribution in [2.24, 2.45) is 5.73 Å². The van der Waals surface area contributed by atoms with Crippen molar-refractivity contribution in [2.45, 2.75) is 19.9 Å². The lowest BCUT2D eigenvalue weighted by molar-refractivity contribution is -0.141. The van der Waals surface area contributed by atoms with Gasteiger partial charge in [-0.15, -0.1) is 11.3 Å². The van der Waals surface area contributed by atoms with Crippen LogP contribution < -0.4 is 11.1 Å². The van der Waals surface area contributed by atoms with E-state index in [1.165, 1.54) is 25.3 Å². The summed E-state index contributed by atoms with van der Waals surface area (Å²) in [7, 11) is 0. The van der Waals surface area contributed by atoms with Crippen molar-refractivity contribution >= 4 is 35.0 Å². The highest BCUT2D eigenvalue weighted by molar-refractivity contribution is 7.12. The monoisotopic (exact) mass is 327 g/mol. The minimum atomic E-state index is -1.16. The fourth-order valence-corrected chi connectivity index (χ4v) is 2.53. The van der Waals surface area contributed by atoms with E-state index in [4.69, 9.17) is 10.8 Å². The lowest BCUT2D eigenvalue weighted by Gasteiger charge is -2.26. The summed E-state index contributed by atoms with van der Waals surface area (Å²) < 4.78 is 0. The van der Waals surface area contributed by atoms with E-state index >= 15 is 0 Å². The highest BCUT2D eigenvalue weighted by Crippen LogP contribution is 2.18. The zero-order valence-corrected chi connectivity index (χ0v) is 13.0. The number of thiophene rings is 1. The SMILES string of the molecule is CC(=O)NCCN(C(=O)c1cc(C(N)=O)cs1)C(C)C(=O)O. The van der Waals surface area contributed by atoms with Gasteiger partial charge in [0.25, 0.3) is 5.91 Å². The Morgan fingerprint density at radius 3 is 2.50 bits per heavy atom. The summed E-state index contributed by atoms with van der Waals surface area (Å²) in [5, 5.41) is 13.0. The van der Waals surface area contributed by atoms with Gasteiger partial charge in [-0.1, -0.05) is 0 Å². The Hall–Kier alpha value is -2.42. The quantitative estimate of drug-likeness (QED) is 0.644. The molecule has 0 spiro atoms. The van der Waals surface area contributed by atoms with Crippen molar-refractivity contribution in [3.63, 3.8) is 0 Å². The molecule has 0 aromatic carbocycles. The molecule has 0 aliphatic carbocycles. The Labute approximate surface area is 130 Å². The summed E-state index contributed by atoms with van der Waals surface area (Å²) in [6, 6.07) is 0.260. The number of carboxylic acids is 1. The number of primary amides is 1. The van der Waals surface area contributed by atoms with E-state index in [1.54, 1.807) is 0 Å². The molecule has 0 radical (unpaired) electrons. The molecular weight excluding hydrogens is 310 g/mol. The van der Waals surface area contributed by atoms with Crippen LogP contribution in [0, 0.1) is 0 Å². The van der Waals surface area contributed by atoms with E-state index in [1.807, 2.05) is 0 Å². The lowest BCUT2D eigenvalue weighted by Crippen LogP contribution is -2.46. The average molecular weight is 327 g/mol. The molecule has 9 heteroatoms. The number of nitrogens with two attached hydrogens (primary N) is 1. The van der Waals surface area contributed by atoms with Crippen LogP contribution in [0.3, 0.4) is 0 Å². The highest BCUT2D eigenvalue weighted by Gasteiger charge is 2.27. The summed E-state index contributed by atoms with van der Waals surface area (Å²) >= 11 is 1.01. The number of aliphatic carboxylic acids is 1. The summed E-state index contributed by atoms with van der Waals surface area (Å²) in [6.07, 6.45) is 0. The molecule has 0 bridgehead atoms. The number of rotatable bonds is 7. The molecule has 1 rings (SSSR count). The van der Waals surface area contributed by atoms with Crippen molar-refractivity contribution in [2.75, 3.05) is 13.1 Å². The second-order valence-corrected chi connectivity index (χ2v) is 5.47. The first kappa shape index (κ1) is 17.6. The first-order valence-electron chi connectivity index (χ1n) is 6.40. The van der Waals surface area contributed by atoms with Crippen LogP contribution in [0.2, 0.25) is 0 Å². The minimum Gasteiger partial charge on any atom is -0.480 e. The fraction of sp³-hybridized carbons (Fsp3) is 0.385. The van der Waals surface area contributed by atoms with Gasteiger partial charge in [0.05, 0.1) is 10.4 Å². The van der Waals surface area contributed by atoms with Crippen LogP contribution in [0.4, 0.5) is 0 Å². The Balaban J connectivity index is 2.92. The Bertz CT molecular complexity index is 598. The molecule has 120 valence electrons. The average Bonchev–Trinajstić information content (AvgIpc) is 2.91. The van der Waals surface area contributed by atoms with Gasteiger partial charge < -0.3 is 21.1 Å². The number of nitrogens with zero attached hydrogens (tertiary/aromatic N) is 1. The van der Waals surface area contributed by atoms with Crippen LogP contribution in [0.1, 0.15) is 33.9 Å². The second-order valence-electron chi connectivity index (χ2n) is 4.56. The Kier molecular flexibility index (Phi) is 6.05. The number of carboxylic acid groups (broad SMARTS) is 1. The lowest BCUT2D eigenvalue weighted by atomic mass is 10.2. The summed E-state index contributed by atoms with van der Waals surface area (Å²) in [5.41, 5.74) is 5.32. The smallest absolute Gasteiger partial charge is 0.326 e. The predicted octanol–water partition coefficient (Wildman–Crippen LogP) is -0.102. The third-order valence-corrected chi connectivity index (χ3v) is 3.83. The third-order valence-electron chi connectivity index (χ3n) is 2.91. The van der Waals surface area contributed by atoms with Gasteiger partial charge in [0, 0.05) is 25.4 Å². The van der Waals surface area contributed by atoms with Crippen LogP contribution in [-0.2, 0) is 9.59 Å². The van der Waals surface area contributed by atoms with Crippen LogP contribution in [0.5, 0.6) is 0 Å². The molecule has 0 saturated heterocycles. The van der Waals surface area contributed by atoms with E-state index in [2.05, 4.69) is 5.32 Å². The number of hydrogen-bond donors (Lipinski definition) is 3. The number of carbonyl (C=O) groups is 4. The van der Waals surface area contributed by atoms with Crippen LogP contribution in [0.15, 0.2) is 11.4 Å². The van der Waals surface area contributed by atoms with Gasteiger partial charge in [-0.25, -0.2) is 4.79 Å². The molecule has 0 aliphatic heterocycles. The zero-order valence-electron chi connectivity index (χ0n) is 12.2. The van der Waals surface area contributed by atoms with Gasteiger partial charge >= 0.3 is 5.97 Å². The van der Waals surface area contributed by atoms with Gasteiger partial charge in [0.1, 0.15) is 6.04 Å². The van der Waals surface area contributed by atoms with Crippen molar-refractivity contribution in [1.82, 2.24) is 10.2 Å². The van der Waals surface area contributed by atoms with Gasteiger partial charge in [-0.05, 0) is 13.0 Å². The van der Waals surface area contributed by atoms with Crippen molar-refractivity contribution in [3.8, 4) is 0 Å². The number of nitrogens with one attached hydrogen (secondary N) is 1. The summed E-state index contributed by atoms with van der Waals surface area (Å²) in [6.45, 7) is 2.87. The summed E-state index contributed by atoms with van der Waals surface area (Å²) in [5.74, 6) is -2.63. The molecule has 0 fully saturated rings. The molecule has 1 aromatic rings. The molecule has 1 aromatic heterocycles. The molecular formula is C13H17N3O5S. The van der Waals surface area contributed by atoms with Crippen molar-refractivity contribution in [1.29, 1.82) is 0 Å². The van der Waals surface area contributed by atoms with E-state index in [-0.39, 0.29) is 29.4 Å². The molecule has 0 aliphatic rings. The highest BCUT2D eigenvalue weighted by atomic mass is 32.1. The van der Waals surface area contributed by atoms with Gasteiger partial charge in [-0.2, -0.15) is 0 Å². The van der Waals surface area contributed by atoms with E-state index in [9.17, 15) is 19.2 Å². The molecule has 4 N–H and O–H groups in total. The second kappa shape index (κ2) is 7.55. The predicted molar refractivity (Wildman–Crippen MR) is 79.7 cm³/mol.